The molecular formula is C22H21FN4O3. The number of hydrogen-bond acceptors (Lipinski definition) is 4. The minimum atomic E-state index is -0.381. The molecule has 1 aliphatic heterocycles. The molecule has 5 rings (SSSR count). The van der Waals surface area contributed by atoms with E-state index in [2.05, 4.69) is 20.6 Å². The summed E-state index contributed by atoms with van der Waals surface area (Å²) >= 11 is 0. The zero-order valence-corrected chi connectivity index (χ0v) is 16.4. The fourth-order valence-corrected chi connectivity index (χ4v) is 4.30. The average Bonchev–Trinajstić information content (AvgIpc) is 3.10. The third kappa shape index (κ3) is 3.23. The van der Waals surface area contributed by atoms with Gasteiger partial charge in [0.1, 0.15) is 11.5 Å². The molecule has 3 heterocycles. The number of carbonyl (C=O) groups is 2. The number of fused-ring (bicyclic) bond motifs is 2. The number of rotatable bonds is 5. The molecule has 1 saturated carbocycles. The number of nitrogens with one attached hydrogen (secondary N) is 3. The number of ether oxygens (including phenoxy) is 1. The molecule has 154 valence electrons. The lowest BCUT2D eigenvalue weighted by molar-refractivity contribution is 0.0928. The summed E-state index contributed by atoms with van der Waals surface area (Å²) in [5, 5.41) is 6.07. The van der Waals surface area contributed by atoms with Gasteiger partial charge < -0.3 is 20.4 Å². The van der Waals surface area contributed by atoms with Crippen LogP contribution >= 0.6 is 0 Å². The first kappa shape index (κ1) is 18.7. The predicted molar refractivity (Wildman–Crippen MR) is 108 cm³/mol. The summed E-state index contributed by atoms with van der Waals surface area (Å²) < 4.78 is 19.6. The maximum atomic E-state index is 14.3. The van der Waals surface area contributed by atoms with E-state index in [1.165, 1.54) is 19.3 Å². The fraction of sp³-hybridized carbons (Fsp3) is 0.318. The summed E-state index contributed by atoms with van der Waals surface area (Å²) in [4.78, 5) is 32.4. The van der Waals surface area contributed by atoms with E-state index in [9.17, 15) is 14.0 Å². The molecule has 2 aromatic heterocycles. The summed E-state index contributed by atoms with van der Waals surface area (Å²) in [5.74, 6) is -0.211. The van der Waals surface area contributed by atoms with Crippen LogP contribution in [0.25, 0.3) is 10.9 Å². The highest BCUT2D eigenvalue weighted by Crippen LogP contribution is 2.44. The minimum absolute atomic E-state index is 0.119. The second kappa shape index (κ2) is 7.21. The number of H-pyrrole nitrogens is 1. The number of pyridine rings is 1. The maximum Gasteiger partial charge on any atom is 0.269 e. The summed E-state index contributed by atoms with van der Waals surface area (Å²) in [5.41, 5.74) is 2.46. The van der Waals surface area contributed by atoms with Crippen LogP contribution < -0.4 is 10.6 Å². The van der Waals surface area contributed by atoms with Gasteiger partial charge in [0.25, 0.3) is 11.8 Å². The third-order valence-corrected chi connectivity index (χ3v) is 5.97. The zero-order chi connectivity index (χ0) is 20.8. The summed E-state index contributed by atoms with van der Waals surface area (Å²) in [6.07, 6.45) is 1.61. The molecule has 3 atom stereocenters. The number of amides is 2. The summed E-state index contributed by atoms with van der Waals surface area (Å²) in [6.45, 7) is 1.35. The molecule has 3 aromatic rings. The van der Waals surface area contributed by atoms with Gasteiger partial charge in [-0.25, -0.2) is 9.37 Å². The standard InChI is InChI=1S/C22H21FN4O3/c1-24-22(29)18-7-12(21(28)27-20-14-9-30-10-15(14)20)6-13(26-18)5-11-3-2-4-17-19(11)16(23)8-25-17/h2-4,6-8,14-15,20,25H,5,9-10H2,1H3,(H,24,29)(H,27,28)/t14-,15+,20?. The van der Waals surface area contributed by atoms with E-state index >= 15 is 0 Å². The molecule has 0 radical (unpaired) electrons. The number of carbonyl (C=O) groups excluding carboxylic acids is 2. The van der Waals surface area contributed by atoms with E-state index in [0.29, 0.717) is 53.6 Å². The van der Waals surface area contributed by atoms with Crippen LogP contribution in [0.1, 0.15) is 32.1 Å². The van der Waals surface area contributed by atoms with Crippen LogP contribution in [0.5, 0.6) is 0 Å². The highest BCUT2D eigenvalue weighted by atomic mass is 19.1. The SMILES string of the molecule is CNC(=O)c1cc(C(=O)NC2[C@H]3COC[C@@H]23)cc(Cc2cccc3[nH]cc(F)c23)n1. The number of aromatic amines is 1. The monoisotopic (exact) mass is 408 g/mol. The third-order valence-electron chi connectivity index (χ3n) is 5.97. The smallest absolute Gasteiger partial charge is 0.269 e. The van der Waals surface area contributed by atoms with E-state index in [4.69, 9.17) is 4.74 Å². The number of aromatic nitrogens is 2. The molecule has 1 aromatic carbocycles. The molecule has 7 nitrogen and oxygen atoms in total. The quantitative estimate of drug-likeness (QED) is 0.602. The first-order valence-corrected chi connectivity index (χ1v) is 9.91. The largest absolute Gasteiger partial charge is 0.381 e. The van der Waals surface area contributed by atoms with Crippen LogP contribution in [-0.2, 0) is 11.2 Å². The topological polar surface area (TPSA) is 96.1 Å². The predicted octanol–water partition coefficient (Wildman–Crippen LogP) is 2.03. The summed E-state index contributed by atoms with van der Waals surface area (Å²) in [7, 11) is 1.51. The average molecular weight is 408 g/mol. The fourth-order valence-electron chi connectivity index (χ4n) is 4.30. The molecule has 30 heavy (non-hydrogen) atoms. The van der Waals surface area contributed by atoms with Crippen molar-refractivity contribution in [2.75, 3.05) is 20.3 Å². The molecule has 1 aliphatic carbocycles. The Labute approximate surface area is 172 Å². The van der Waals surface area contributed by atoms with Gasteiger partial charge in [-0.1, -0.05) is 12.1 Å². The Morgan fingerprint density at radius 2 is 2.03 bits per heavy atom. The Bertz CT molecular complexity index is 1150. The molecule has 0 spiro atoms. The highest BCUT2D eigenvalue weighted by molar-refractivity contribution is 5.99. The molecule has 2 fully saturated rings. The molecule has 2 aliphatic rings. The van der Waals surface area contributed by atoms with Gasteiger partial charge in [0.15, 0.2) is 0 Å². The Morgan fingerprint density at radius 1 is 1.23 bits per heavy atom. The Balaban J connectivity index is 1.46. The van der Waals surface area contributed by atoms with Crippen molar-refractivity contribution < 1.29 is 18.7 Å². The van der Waals surface area contributed by atoms with E-state index in [-0.39, 0.29) is 29.4 Å². The normalized spacial score (nSPS) is 22.0. The first-order valence-electron chi connectivity index (χ1n) is 9.91. The van der Waals surface area contributed by atoms with Gasteiger partial charge in [-0.05, 0) is 23.8 Å². The van der Waals surface area contributed by atoms with E-state index in [0.717, 1.165) is 5.56 Å². The molecule has 8 heteroatoms. The van der Waals surface area contributed by atoms with E-state index in [1.807, 2.05) is 12.1 Å². The van der Waals surface area contributed by atoms with Gasteiger partial charge in [-0.15, -0.1) is 0 Å². The van der Waals surface area contributed by atoms with Crippen LogP contribution in [0, 0.1) is 17.7 Å². The minimum Gasteiger partial charge on any atom is -0.381 e. The van der Waals surface area contributed by atoms with Crippen LogP contribution in [0.4, 0.5) is 4.39 Å². The summed E-state index contributed by atoms with van der Waals surface area (Å²) in [6, 6.07) is 8.72. The molecular weight excluding hydrogens is 387 g/mol. The van der Waals surface area contributed by atoms with E-state index < -0.39 is 0 Å². The second-order valence-electron chi connectivity index (χ2n) is 7.83. The van der Waals surface area contributed by atoms with Crippen molar-refractivity contribution >= 4 is 22.7 Å². The van der Waals surface area contributed by atoms with E-state index in [1.54, 1.807) is 12.1 Å². The van der Waals surface area contributed by atoms with Crippen molar-refractivity contribution in [3.05, 3.63) is 64.9 Å². The number of hydrogen-bond donors (Lipinski definition) is 3. The van der Waals surface area contributed by atoms with Crippen molar-refractivity contribution in [3.8, 4) is 0 Å². The van der Waals surface area contributed by atoms with Crippen LogP contribution in [-0.4, -0.2) is 48.1 Å². The van der Waals surface area contributed by atoms with Crippen molar-refractivity contribution in [2.24, 2.45) is 11.8 Å². The molecule has 1 unspecified atom stereocenters. The van der Waals surface area contributed by atoms with Gasteiger partial charge in [0.2, 0.25) is 0 Å². The van der Waals surface area contributed by atoms with Crippen LogP contribution in [0.15, 0.2) is 36.5 Å². The first-order chi connectivity index (χ1) is 14.5. The Morgan fingerprint density at radius 3 is 2.80 bits per heavy atom. The molecule has 3 N–H and O–H groups in total. The van der Waals surface area contributed by atoms with Gasteiger partial charge >= 0.3 is 0 Å². The lowest BCUT2D eigenvalue weighted by Gasteiger charge is -2.11. The maximum absolute atomic E-state index is 14.3. The van der Waals surface area contributed by atoms with Gasteiger partial charge in [0, 0.05) is 59.7 Å². The van der Waals surface area contributed by atoms with Gasteiger partial charge in [0.05, 0.1) is 13.2 Å². The molecule has 2 amide bonds. The number of halogens is 1. The van der Waals surface area contributed by atoms with Crippen LogP contribution in [0.2, 0.25) is 0 Å². The number of nitrogens with zero attached hydrogens (tertiary/aromatic N) is 1. The molecule has 0 bridgehead atoms. The van der Waals surface area contributed by atoms with Crippen molar-refractivity contribution in [1.82, 2.24) is 20.6 Å². The van der Waals surface area contributed by atoms with Crippen molar-refractivity contribution in [2.45, 2.75) is 12.5 Å². The lowest BCUT2D eigenvalue weighted by atomic mass is 10.0. The van der Waals surface area contributed by atoms with Gasteiger partial charge in [-0.2, -0.15) is 0 Å². The number of benzene rings is 1. The van der Waals surface area contributed by atoms with Crippen LogP contribution in [0.3, 0.4) is 0 Å². The van der Waals surface area contributed by atoms with Gasteiger partial charge in [-0.3, -0.25) is 9.59 Å². The lowest BCUT2D eigenvalue weighted by Crippen LogP contribution is -2.30. The van der Waals surface area contributed by atoms with Crippen molar-refractivity contribution in [1.29, 1.82) is 0 Å². The molecule has 1 saturated heterocycles. The second-order valence-corrected chi connectivity index (χ2v) is 7.83. The van der Waals surface area contributed by atoms with Crippen molar-refractivity contribution in [3.63, 3.8) is 0 Å². The highest BCUT2D eigenvalue weighted by Gasteiger charge is 2.54. The Hall–Kier alpha value is -3.26. The zero-order valence-electron chi connectivity index (χ0n) is 16.4. The Kier molecular flexibility index (Phi) is 4.51.